The molecule has 3 aromatic carbocycles. The van der Waals surface area contributed by atoms with Crippen LogP contribution in [0.25, 0.3) is 38.5 Å². The van der Waals surface area contributed by atoms with E-state index in [2.05, 4.69) is 10.2 Å². The predicted octanol–water partition coefficient (Wildman–Crippen LogP) is 4.15. The molecule has 0 unspecified atom stereocenters. The molecule has 0 aliphatic carbocycles. The van der Waals surface area contributed by atoms with Gasteiger partial charge in [0.2, 0.25) is 0 Å². The molecule has 5 rings (SSSR count). The first-order chi connectivity index (χ1) is 17.9. The average molecular weight is 516 g/mol. The summed E-state index contributed by atoms with van der Waals surface area (Å²) in [7, 11) is 1.60. The average Bonchev–Trinajstić information content (AvgIpc) is 3.15. The molecular formula is C28H26FN5O4. The van der Waals surface area contributed by atoms with Crippen molar-refractivity contribution in [3.05, 3.63) is 81.5 Å². The summed E-state index contributed by atoms with van der Waals surface area (Å²) in [4.78, 5) is 25.5. The van der Waals surface area contributed by atoms with E-state index >= 15 is 4.39 Å². The number of aliphatic hydroxyl groups is 1. The van der Waals surface area contributed by atoms with E-state index in [0.717, 1.165) is 10.2 Å². The van der Waals surface area contributed by atoms with Gasteiger partial charge >= 0.3 is 5.97 Å². The van der Waals surface area contributed by atoms with Crippen molar-refractivity contribution < 1.29 is 19.4 Å². The standard InChI is InChI=1S/C28H26FN5O4/c1-28(2,3)16-8-15-12-31-34(26(36)23(15)21(29)11-16)22-7-5-6-17(20(22)13-35)14-9-18-24(19(10-14)27(37)38)33(4)32-25(18)30/h5-12,35H,13H2,1-4H3,(H2,30,32)(H,37,38). The molecule has 0 saturated heterocycles. The van der Waals surface area contributed by atoms with Crippen molar-refractivity contribution in [2.75, 3.05) is 5.73 Å². The summed E-state index contributed by atoms with van der Waals surface area (Å²) >= 11 is 0. The number of nitrogens with zero attached hydrogens (tertiary/aromatic N) is 4. The monoisotopic (exact) mass is 515 g/mol. The van der Waals surface area contributed by atoms with Crippen LogP contribution in [0.5, 0.6) is 0 Å². The normalized spacial score (nSPS) is 11.9. The van der Waals surface area contributed by atoms with Crippen LogP contribution in [0.15, 0.2) is 53.5 Å². The van der Waals surface area contributed by atoms with Crippen molar-refractivity contribution in [3.63, 3.8) is 0 Å². The Labute approximate surface area is 216 Å². The van der Waals surface area contributed by atoms with Crippen molar-refractivity contribution in [3.8, 4) is 16.8 Å². The van der Waals surface area contributed by atoms with Gasteiger partial charge in [-0.1, -0.05) is 32.9 Å². The van der Waals surface area contributed by atoms with Gasteiger partial charge in [0.25, 0.3) is 5.56 Å². The van der Waals surface area contributed by atoms with Crippen LogP contribution in [-0.2, 0) is 19.1 Å². The van der Waals surface area contributed by atoms with Gasteiger partial charge in [-0.05, 0) is 52.4 Å². The minimum atomic E-state index is -1.17. The zero-order chi connectivity index (χ0) is 27.5. The number of nitrogen functional groups attached to an aromatic ring is 1. The van der Waals surface area contributed by atoms with E-state index in [4.69, 9.17) is 5.73 Å². The van der Waals surface area contributed by atoms with E-state index in [1.807, 2.05) is 20.8 Å². The third-order valence-electron chi connectivity index (χ3n) is 6.75. The molecule has 0 bridgehead atoms. The maximum Gasteiger partial charge on any atom is 0.337 e. The molecule has 10 heteroatoms. The number of carboxylic acids is 1. The van der Waals surface area contributed by atoms with Crippen molar-refractivity contribution in [1.29, 1.82) is 0 Å². The number of carboxylic acid groups (broad SMARTS) is 1. The number of anilines is 1. The Morgan fingerprint density at radius 2 is 1.89 bits per heavy atom. The fraction of sp³-hybridized carbons (Fsp3) is 0.214. The molecule has 0 fully saturated rings. The SMILES string of the molecule is Cn1nc(N)c2cc(-c3cccc(-n4ncc5cc(C(C)(C)C)cc(F)c5c4=O)c3CO)cc(C(=O)O)c21. The fourth-order valence-corrected chi connectivity index (χ4v) is 4.81. The Morgan fingerprint density at radius 3 is 2.55 bits per heavy atom. The number of aliphatic hydroxyl groups excluding tert-OH is 1. The van der Waals surface area contributed by atoms with Crippen LogP contribution >= 0.6 is 0 Å². The minimum absolute atomic E-state index is 0.0174. The van der Waals surface area contributed by atoms with Crippen molar-refractivity contribution in [1.82, 2.24) is 19.6 Å². The second-order valence-corrected chi connectivity index (χ2v) is 10.2. The van der Waals surface area contributed by atoms with E-state index in [9.17, 15) is 19.8 Å². The summed E-state index contributed by atoms with van der Waals surface area (Å²) < 4.78 is 17.7. The van der Waals surface area contributed by atoms with Crippen LogP contribution in [-0.4, -0.2) is 35.7 Å². The second kappa shape index (κ2) is 8.77. The van der Waals surface area contributed by atoms with Gasteiger partial charge in [0, 0.05) is 23.4 Å². The highest BCUT2D eigenvalue weighted by molar-refractivity contribution is 6.07. The van der Waals surface area contributed by atoms with Gasteiger partial charge in [0.1, 0.15) is 5.82 Å². The fourth-order valence-electron chi connectivity index (χ4n) is 4.81. The zero-order valence-corrected chi connectivity index (χ0v) is 21.3. The number of halogens is 1. The summed E-state index contributed by atoms with van der Waals surface area (Å²) in [6.07, 6.45) is 1.42. The Morgan fingerprint density at radius 1 is 1.16 bits per heavy atom. The van der Waals surface area contributed by atoms with Crippen LogP contribution in [0.4, 0.5) is 10.2 Å². The second-order valence-electron chi connectivity index (χ2n) is 10.2. The molecule has 38 heavy (non-hydrogen) atoms. The highest BCUT2D eigenvalue weighted by atomic mass is 19.1. The van der Waals surface area contributed by atoms with E-state index in [1.54, 1.807) is 37.4 Å². The first-order valence-corrected chi connectivity index (χ1v) is 11.9. The van der Waals surface area contributed by atoms with Crippen LogP contribution in [0.2, 0.25) is 0 Å². The molecule has 0 radical (unpaired) electrons. The largest absolute Gasteiger partial charge is 0.478 e. The van der Waals surface area contributed by atoms with Crippen LogP contribution < -0.4 is 11.3 Å². The lowest BCUT2D eigenvalue weighted by molar-refractivity contribution is 0.0698. The Kier molecular flexibility index (Phi) is 5.79. The van der Waals surface area contributed by atoms with Crippen molar-refractivity contribution >= 4 is 33.5 Å². The smallest absolute Gasteiger partial charge is 0.337 e. The zero-order valence-electron chi connectivity index (χ0n) is 21.3. The lowest BCUT2D eigenvalue weighted by Gasteiger charge is -2.20. The third kappa shape index (κ3) is 3.90. The summed E-state index contributed by atoms with van der Waals surface area (Å²) in [5.41, 5.74) is 7.60. The molecule has 194 valence electrons. The number of aromatic nitrogens is 4. The molecule has 9 nitrogen and oxygen atoms in total. The first kappa shape index (κ1) is 25.1. The number of rotatable bonds is 4. The molecule has 4 N–H and O–H groups in total. The predicted molar refractivity (Wildman–Crippen MR) is 143 cm³/mol. The number of hydrogen-bond donors (Lipinski definition) is 3. The number of aryl methyl sites for hydroxylation is 1. The van der Waals surface area contributed by atoms with Gasteiger partial charge in [-0.3, -0.25) is 9.48 Å². The Balaban J connectivity index is 1.76. The number of carbonyl (C=O) groups is 1. The number of aromatic carboxylic acids is 1. The molecule has 5 aromatic rings. The molecule has 0 aliphatic rings. The lowest BCUT2D eigenvalue weighted by Crippen LogP contribution is -2.24. The molecule has 0 aliphatic heterocycles. The molecule has 2 aromatic heterocycles. The Bertz CT molecular complexity index is 1830. The number of fused-ring (bicyclic) bond motifs is 2. The maximum absolute atomic E-state index is 15.2. The number of benzene rings is 3. The number of hydrogen-bond acceptors (Lipinski definition) is 6. The van der Waals surface area contributed by atoms with Crippen molar-refractivity contribution in [2.45, 2.75) is 32.8 Å². The van der Waals surface area contributed by atoms with Gasteiger partial charge < -0.3 is 15.9 Å². The Hall–Kier alpha value is -4.57. The molecular weight excluding hydrogens is 489 g/mol. The molecule has 0 saturated carbocycles. The quantitative estimate of drug-likeness (QED) is 0.327. The molecule has 2 heterocycles. The lowest BCUT2D eigenvalue weighted by atomic mass is 9.86. The third-order valence-corrected chi connectivity index (χ3v) is 6.75. The van der Waals surface area contributed by atoms with Gasteiger partial charge in [0.15, 0.2) is 5.82 Å². The van der Waals surface area contributed by atoms with Gasteiger partial charge in [-0.15, -0.1) is 0 Å². The maximum atomic E-state index is 15.2. The highest BCUT2D eigenvalue weighted by Gasteiger charge is 2.22. The summed E-state index contributed by atoms with van der Waals surface area (Å²) in [5, 5.41) is 29.4. The van der Waals surface area contributed by atoms with E-state index in [1.165, 1.54) is 23.0 Å². The van der Waals surface area contributed by atoms with Crippen LogP contribution in [0.1, 0.15) is 42.3 Å². The van der Waals surface area contributed by atoms with Crippen LogP contribution in [0, 0.1) is 5.82 Å². The van der Waals surface area contributed by atoms with Crippen LogP contribution in [0.3, 0.4) is 0 Å². The topological polar surface area (TPSA) is 136 Å². The highest BCUT2D eigenvalue weighted by Crippen LogP contribution is 2.34. The van der Waals surface area contributed by atoms with Crippen molar-refractivity contribution in [2.24, 2.45) is 7.05 Å². The van der Waals surface area contributed by atoms with Gasteiger partial charge in [0.05, 0.1) is 35.0 Å². The van der Waals surface area contributed by atoms with E-state index in [-0.39, 0.29) is 27.9 Å². The first-order valence-electron chi connectivity index (χ1n) is 11.9. The van der Waals surface area contributed by atoms with E-state index in [0.29, 0.717) is 33.0 Å². The summed E-state index contributed by atoms with van der Waals surface area (Å²) in [6.45, 7) is 5.36. The minimum Gasteiger partial charge on any atom is -0.478 e. The van der Waals surface area contributed by atoms with E-state index < -0.39 is 24.0 Å². The summed E-state index contributed by atoms with van der Waals surface area (Å²) in [5.74, 6) is -1.66. The number of nitrogens with two attached hydrogens (primary N) is 1. The van der Waals surface area contributed by atoms with Gasteiger partial charge in [-0.2, -0.15) is 14.9 Å². The summed E-state index contributed by atoms with van der Waals surface area (Å²) in [6, 6.07) is 11.2. The molecule has 0 spiro atoms. The molecule has 0 atom stereocenters. The molecule has 0 amide bonds. The van der Waals surface area contributed by atoms with Gasteiger partial charge in [-0.25, -0.2) is 9.18 Å².